The van der Waals surface area contributed by atoms with Crippen molar-refractivity contribution >= 4 is 31.8 Å². The highest BCUT2D eigenvalue weighted by atomic mass is 79.9. The van der Waals surface area contributed by atoms with Crippen molar-refractivity contribution in [3.05, 3.63) is 16.5 Å². The first-order chi connectivity index (χ1) is 9.14. The van der Waals surface area contributed by atoms with E-state index in [1.807, 2.05) is 20.8 Å². The maximum atomic E-state index is 11.5. The minimum absolute atomic E-state index is 0.00726. The maximum Gasteiger partial charge on any atom is 0.213 e. The van der Waals surface area contributed by atoms with Crippen molar-refractivity contribution in [1.82, 2.24) is 14.7 Å². The summed E-state index contributed by atoms with van der Waals surface area (Å²) in [7, 11) is -3.22. The summed E-state index contributed by atoms with van der Waals surface area (Å²) in [5.41, 5.74) is -0.171. The fraction of sp³-hybridized carbons (Fsp3) is 0.667. The third kappa shape index (κ3) is 5.72. The summed E-state index contributed by atoms with van der Waals surface area (Å²) >= 11 is 3.34. The molecule has 8 heteroatoms. The van der Waals surface area contributed by atoms with Gasteiger partial charge in [-0.15, -0.1) is 0 Å². The molecule has 1 rings (SSSR count). The molecule has 0 saturated heterocycles. The minimum Gasteiger partial charge on any atom is -0.369 e. The summed E-state index contributed by atoms with van der Waals surface area (Å²) in [5, 5.41) is 3.01. The Morgan fingerprint density at radius 3 is 2.50 bits per heavy atom. The van der Waals surface area contributed by atoms with Gasteiger partial charge in [-0.2, -0.15) is 0 Å². The van der Waals surface area contributed by atoms with Crippen molar-refractivity contribution in [2.24, 2.45) is 0 Å². The van der Waals surface area contributed by atoms with E-state index in [2.05, 4.69) is 35.9 Å². The lowest BCUT2D eigenvalue weighted by Crippen LogP contribution is -2.29. The van der Waals surface area contributed by atoms with E-state index < -0.39 is 10.0 Å². The van der Waals surface area contributed by atoms with E-state index in [4.69, 9.17) is 0 Å². The van der Waals surface area contributed by atoms with Crippen LogP contribution < -0.4 is 10.0 Å². The second kappa shape index (κ2) is 6.82. The predicted molar refractivity (Wildman–Crippen MR) is 84.4 cm³/mol. The van der Waals surface area contributed by atoms with Crippen molar-refractivity contribution in [2.75, 3.05) is 24.2 Å². The minimum atomic E-state index is -3.22. The van der Waals surface area contributed by atoms with Crippen molar-refractivity contribution in [3.63, 3.8) is 0 Å². The highest BCUT2D eigenvalue weighted by Crippen LogP contribution is 2.22. The van der Waals surface area contributed by atoms with Gasteiger partial charge in [0.15, 0.2) is 0 Å². The molecule has 0 aliphatic heterocycles. The van der Waals surface area contributed by atoms with Crippen molar-refractivity contribution < 1.29 is 8.42 Å². The average Bonchev–Trinajstić information content (AvgIpc) is 2.26. The standard InChI is InChI=1S/C12H21BrN4O2S/c1-5-15-20(18,19)7-6-14-10-8-9(13)16-11(17-10)12(2,3)4/h8,15H,5-7H2,1-4H3,(H,14,16,17). The van der Waals surface area contributed by atoms with Crippen molar-refractivity contribution in [1.29, 1.82) is 0 Å². The summed E-state index contributed by atoms with van der Waals surface area (Å²) in [6, 6.07) is 1.73. The Morgan fingerprint density at radius 2 is 1.95 bits per heavy atom. The Labute approximate surface area is 129 Å². The number of sulfonamides is 1. The van der Waals surface area contributed by atoms with Gasteiger partial charge in [0.2, 0.25) is 10.0 Å². The average molecular weight is 365 g/mol. The molecule has 0 bridgehead atoms. The number of nitrogens with zero attached hydrogens (tertiary/aromatic N) is 2. The highest BCUT2D eigenvalue weighted by Gasteiger charge is 2.18. The second-order valence-electron chi connectivity index (χ2n) is 5.39. The van der Waals surface area contributed by atoms with E-state index in [0.29, 0.717) is 29.3 Å². The van der Waals surface area contributed by atoms with Gasteiger partial charge in [-0.3, -0.25) is 0 Å². The molecule has 0 radical (unpaired) electrons. The molecule has 6 nitrogen and oxygen atoms in total. The van der Waals surface area contributed by atoms with Crippen LogP contribution in [0.1, 0.15) is 33.5 Å². The van der Waals surface area contributed by atoms with Crippen LogP contribution in [-0.4, -0.2) is 37.2 Å². The maximum absolute atomic E-state index is 11.5. The van der Waals surface area contributed by atoms with Gasteiger partial charge in [-0.05, 0) is 15.9 Å². The van der Waals surface area contributed by atoms with Crippen LogP contribution in [0, 0.1) is 0 Å². The number of aromatic nitrogens is 2. The van der Waals surface area contributed by atoms with E-state index >= 15 is 0 Å². The predicted octanol–water partition coefficient (Wildman–Crippen LogP) is 1.89. The van der Waals surface area contributed by atoms with E-state index in [-0.39, 0.29) is 11.2 Å². The van der Waals surface area contributed by atoms with Gasteiger partial charge >= 0.3 is 0 Å². The van der Waals surface area contributed by atoms with E-state index in [1.165, 1.54) is 0 Å². The van der Waals surface area contributed by atoms with Crippen LogP contribution in [0.4, 0.5) is 5.82 Å². The largest absolute Gasteiger partial charge is 0.369 e. The summed E-state index contributed by atoms with van der Waals surface area (Å²) < 4.78 is 26.2. The van der Waals surface area contributed by atoms with Gasteiger partial charge in [0, 0.05) is 24.6 Å². The molecule has 0 spiro atoms. The molecule has 0 aliphatic carbocycles. The molecule has 0 atom stereocenters. The lowest BCUT2D eigenvalue weighted by Gasteiger charge is -2.18. The number of anilines is 1. The first-order valence-corrected chi connectivity index (χ1v) is 8.85. The topological polar surface area (TPSA) is 84.0 Å². The molecular weight excluding hydrogens is 344 g/mol. The van der Waals surface area contributed by atoms with E-state index in [9.17, 15) is 8.42 Å². The van der Waals surface area contributed by atoms with Crippen LogP contribution in [0.25, 0.3) is 0 Å². The second-order valence-corrected chi connectivity index (χ2v) is 8.13. The van der Waals surface area contributed by atoms with Gasteiger partial charge in [0.1, 0.15) is 16.2 Å². The van der Waals surface area contributed by atoms with Crippen LogP contribution >= 0.6 is 15.9 Å². The zero-order valence-electron chi connectivity index (χ0n) is 12.2. The first-order valence-electron chi connectivity index (χ1n) is 6.40. The number of hydrogen-bond donors (Lipinski definition) is 2. The molecule has 0 fully saturated rings. The smallest absolute Gasteiger partial charge is 0.213 e. The molecular formula is C12H21BrN4O2S. The van der Waals surface area contributed by atoms with Crippen LogP contribution in [-0.2, 0) is 15.4 Å². The molecule has 20 heavy (non-hydrogen) atoms. The van der Waals surface area contributed by atoms with Gasteiger partial charge in [-0.1, -0.05) is 27.7 Å². The van der Waals surface area contributed by atoms with Crippen molar-refractivity contribution in [2.45, 2.75) is 33.1 Å². The monoisotopic (exact) mass is 364 g/mol. The zero-order chi connectivity index (χ0) is 15.4. The van der Waals surface area contributed by atoms with Gasteiger partial charge in [-0.25, -0.2) is 23.1 Å². The number of halogens is 1. The van der Waals surface area contributed by atoms with Crippen LogP contribution in [0.3, 0.4) is 0 Å². The third-order valence-corrected chi connectivity index (χ3v) is 4.28. The van der Waals surface area contributed by atoms with Crippen LogP contribution in [0.15, 0.2) is 10.7 Å². The summed E-state index contributed by atoms with van der Waals surface area (Å²) in [4.78, 5) is 8.73. The van der Waals surface area contributed by atoms with Crippen molar-refractivity contribution in [3.8, 4) is 0 Å². The van der Waals surface area contributed by atoms with E-state index in [1.54, 1.807) is 13.0 Å². The third-order valence-electron chi connectivity index (χ3n) is 2.41. The molecule has 0 saturated carbocycles. The first kappa shape index (κ1) is 17.3. The van der Waals surface area contributed by atoms with Gasteiger partial charge < -0.3 is 5.32 Å². The Hall–Kier alpha value is -0.730. The SMILES string of the molecule is CCNS(=O)(=O)CCNc1cc(Br)nc(C(C)(C)C)n1. The molecule has 0 amide bonds. The highest BCUT2D eigenvalue weighted by molar-refractivity contribution is 9.10. The zero-order valence-corrected chi connectivity index (χ0v) is 14.6. The van der Waals surface area contributed by atoms with Crippen LogP contribution in [0.2, 0.25) is 0 Å². The molecule has 1 aromatic rings. The fourth-order valence-electron chi connectivity index (χ4n) is 1.45. The molecule has 1 aromatic heterocycles. The van der Waals surface area contributed by atoms with Gasteiger partial charge in [0.05, 0.1) is 5.75 Å². The normalized spacial score (nSPS) is 12.4. The van der Waals surface area contributed by atoms with Crippen LogP contribution in [0.5, 0.6) is 0 Å². The Balaban J connectivity index is 2.72. The number of nitrogens with one attached hydrogen (secondary N) is 2. The molecule has 114 valence electrons. The lowest BCUT2D eigenvalue weighted by atomic mass is 9.96. The number of hydrogen-bond acceptors (Lipinski definition) is 5. The van der Waals surface area contributed by atoms with Gasteiger partial charge in [0.25, 0.3) is 0 Å². The quantitative estimate of drug-likeness (QED) is 0.752. The molecule has 2 N–H and O–H groups in total. The summed E-state index contributed by atoms with van der Waals surface area (Å²) in [6.07, 6.45) is 0. The Kier molecular flexibility index (Phi) is 5.91. The Morgan fingerprint density at radius 1 is 1.30 bits per heavy atom. The number of rotatable bonds is 6. The fourth-order valence-corrected chi connectivity index (χ4v) is 2.79. The summed E-state index contributed by atoms with van der Waals surface area (Å²) in [6.45, 7) is 8.51. The Bertz CT molecular complexity index is 555. The van der Waals surface area contributed by atoms with E-state index in [0.717, 1.165) is 0 Å². The lowest BCUT2D eigenvalue weighted by molar-refractivity contribution is 0.544. The summed E-state index contributed by atoms with van der Waals surface area (Å²) in [5.74, 6) is 1.32. The molecule has 0 unspecified atom stereocenters. The molecule has 1 heterocycles. The molecule has 0 aromatic carbocycles. The molecule has 0 aliphatic rings.